The van der Waals surface area contributed by atoms with Crippen LogP contribution in [0, 0.1) is 11.3 Å². The zero-order chi connectivity index (χ0) is 15.1. The molecule has 5 heteroatoms. The Morgan fingerprint density at radius 1 is 1.29 bits per heavy atom. The SMILES string of the molecule is CC1(C)[C@@H](NS(=O)(=O)CC2CCOC2)[C@@H]1c1ccccc1. The minimum Gasteiger partial charge on any atom is -0.381 e. The molecule has 1 aromatic carbocycles. The minimum atomic E-state index is -3.24. The van der Waals surface area contributed by atoms with Crippen molar-refractivity contribution in [2.45, 2.75) is 32.2 Å². The van der Waals surface area contributed by atoms with Crippen molar-refractivity contribution < 1.29 is 13.2 Å². The van der Waals surface area contributed by atoms with Gasteiger partial charge in [0, 0.05) is 18.6 Å². The van der Waals surface area contributed by atoms with E-state index in [1.165, 1.54) is 5.56 Å². The summed E-state index contributed by atoms with van der Waals surface area (Å²) in [5.74, 6) is 0.578. The van der Waals surface area contributed by atoms with Crippen molar-refractivity contribution in [2.24, 2.45) is 11.3 Å². The maximum absolute atomic E-state index is 12.3. The highest BCUT2D eigenvalue weighted by atomic mass is 32.2. The quantitative estimate of drug-likeness (QED) is 0.906. The summed E-state index contributed by atoms with van der Waals surface area (Å²) in [7, 11) is -3.24. The molecule has 3 rings (SSSR count). The summed E-state index contributed by atoms with van der Waals surface area (Å²) < 4.78 is 32.8. The van der Waals surface area contributed by atoms with Gasteiger partial charge in [-0.3, -0.25) is 0 Å². The largest absolute Gasteiger partial charge is 0.381 e. The molecule has 0 aromatic heterocycles. The Hall–Kier alpha value is -0.910. The molecule has 2 aliphatic rings. The monoisotopic (exact) mass is 309 g/mol. The summed E-state index contributed by atoms with van der Waals surface area (Å²) >= 11 is 0. The molecule has 1 N–H and O–H groups in total. The van der Waals surface area contributed by atoms with E-state index in [1.807, 2.05) is 18.2 Å². The van der Waals surface area contributed by atoms with Crippen LogP contribution in [-0.2, 0) is 14.8 Å². The summed E-state index contributed by atoms with van der Waals surface area (Å²) in [6, 6.07) is 10.1. The fourth-order valence-corrected chi connectivity index (χ4v) is 5.21. The molecule has 1 aliphatic heterocycles. The first-order valence-corrected chi connectivity index (χ1v) is 9.18. The molecule has 1 aliphatic carbocycles. The van der Waals surface area contributed by atoms with Crippen LogP contribution < -0.4 is 4.72 Å². The van der Waals surface area contributed by atoms with E-state index in [9.17, 15) is 8.42 Å². The van der Waals surface area contributed by atoms with E-state index >= 15 is 0 Å². The topological polar surface area (TPSA) is 55.4 Å². The van der Waals surface area contributed by atoms with Crippen molar-refractivity contribution in [3.8, 4) is 0 Å². The number of benzene rings is 1. The lowest BCUT2D eigenvalue weighted by Crippen LogP contribution is -2.33. The molecule has 1 saturated heterocycles. The second-order valence-corrected chi connectivity index (χ2v) is 8.61. The van der Waals surface area contributed by atoms with Gasteiger partial charge < -0.3 is 4.74 Å². The van der Waals surface area contributed by atoms with Crippen molar-refractivity contribution in [2.75, 3.05) is 19.0 Å². The molecule has 0 radical (unpaired) electrons. The number of hydrogen-bond donors (Lipinski definition) is 1. The van der Waals surface area contributed by atoms with Crippen molar-refractivity contribution in [1.29, 1.82) is 0 Å². The van der Waals surface area contributed by atoms with E-state index in [0.29, 0.717) is 13.2 Å². The van der Waals surface area contributed by atoms with Gasteiger partial charge in [-0.1, -0.05) is 44.2 Å². The van der Waals surface area contributed by atoms with Crippen molar-refractivity contribution in [3.05, 3.63) is 35.9 Å². The fourth-order valence-electron chi connectivity index (χ4n) is 3.41. The Labute approximate surface area is 126 Å². The van der Waals surface area contributed by atoms with Crippen LogP contribution >= 0.6 is 0 Å². The summed E-state index contributed by atoms with van der Waals surface area (Å²) in [6.45, 7) is 5.49. The second kappa shape index (κ2) is 5.38. The lowest BCUT2D eigenvalue weighted by atomic mass is 10.0. The van der Waals surface area contributed by atoms with Crippen molar-refractivity contribution in [1.82, 2.24) is 4.72 Å². The zero-order valence-electron chi connectivity index (χ0n) is 12.6. The van der Waals surface area contributed by atoms with Crippen LogP contribution in [0.2, 0.25) is 0 Å². The highest BCUT2D eigenvalue weighted by molar-refractivity contribution is 7.89. The fraction of sp³-hybridized carbons (Fsp3) is 0.625. The van der Waals surface area contributed by atoms with E-state index in [0.717, 1.165) is 6.42 Å². The smallest absolute Gasteiger partial charge is 0.212 e. The predicted molar refractivity (Wildman–Crippen MR) is 82.6 cm³/mol. The van der Waals surface area contributed by atoms with Crippen LogP contribution in [0.25, 0.3) is 0 Å². The van der Waals surface area contributed by atoms with Crippen LogP contribution in [-0.4, -0.2) is 33.4 Å². The molecule has 0 bridgehead atoms. The third-order valence-corrected chi connectivity index (χ3v) is 6.29. The van der Waals surface area contributed by atoms with Crippen molar-refractivity contribution in [3.63, 3.8) is 0 Å². The molecular weight excluding hydrogens is 286 g/mol. The van der Waals surface area contributed by atoms with Gasteiger partial charge in [0.25, 0.3) is 0 Å². The Balaban J connectivity index is 1.67. The summed E-state index contributed by atoms with van der Waals surface area (Å²) in [6.07, 6.45) is 0.844. The third-order valence-electron chi connectivity index (χ3n) is 4.77. The van der Waals surface area contributed by atoms with Gasteiger partial charge in [0.15, 0.2) is 0 Å². The van der Waals surface area contributed by atoms with Crippen LogP contribution in [0.5, 0.6) is 0 Å². The molecule has 0 spiro atoms. The Morgan fingerprint density at radius 2 is 2.00 bits per heavy atom. The molecule has 116 valence electrons. The molecular formula is C16H23NO3S. The summed E-state index contributed by atoms with van der Waals surface area (Å²) in [5.41, 5.74) is 1.18. The van der Waals surface area contributed by atoms with Crippen molar-refractivity contribution >= 4 is 10.0 Å². The lowest BCUT2D eigenvalue weighted by molar-refractivity contribution is 0.188. The first kappa shape index (κ1) is 15.0. The standard InChI is InChI=1S/C16H23NO3S/c1-16(2)14(13-6-4-3-5-7-13)15(16)17-21(18,19)11-12-8-9-20-10-12/h3-7,12,14-15,17H,8-11H2,1-2H3/t12?,14-,15-/m0/s1. The number of ether oxygens (including phenoxy) is 1. The van der Waals surface area contributed by atoms with E-state index < -0.39 is 10.0 Å². The first-order valence-electron chi connectivity index (χ1n) is 7.53. The molecule has 2 fully saturated rings. The molecule has 4 nitrogen and oxygen atoms in total. The van der Waals surface area contributed by atoms with Crippen LogP contribution in [0.3, 0.4) is 0 Å². The zero-order valence-corrected chi connectivity index (χ0v) is 13.4. The number of nitrogens with one attached hydrogen (secondary N) is 1. The van der Waals surface area contributed by atoms with Gasteiger partial charge in [-0.25, -0.2) is 13.1 Å². The number of hydrogen-bond acceptors (Lipinski definition) is 3. The molecule has 21 heavy (non-hydrogen) atoms. The van der Waals surface area contributed by atoms with Gasteiger partial charge in [-0.05, 0) is 23.3 Å². The molecule has 0 amide bonds. The van der Waals surface area contributed by atoms with E-state index in [4.69, 9.17) is 4.74 Å². The van der Waals surface area contributed by atoms with Gasteiger partial charge in [0.05, 0.1) is 12.4 Å². The van der Waals surface area contributed by atoms with Gasteiger partial charge >= 0.3 is 0 Å². The van der Waals surface area contributed by atoms with E-state index in [-0.39, 0.29) is 29.0 Å². The van der Waals surface area contributed by atoms with Gasteiger partial charge in [0.2, 0.25) is 10.0 Å². The second-order valence-electron chi connectivity index (χ2n) is 6.82. The molecule has 1 saturated carbocycles. The normalized spacial score (nSPS) is 31.2. The maximum atomic E-state index is 12.3. The molecule has 1 unspecified atom stereocenters. The highest BCUT2D eigenvalue weighted by Crippen LogP contribution is 2.58. The van der Waals surface area contributed by atoms with Crippen LogP contribution in [0.4, 0.5) is 0 Å². The van der Waals surface area contributed by atoms with E-state index in [2.05, 4.69) is 30.7 Å². The first-order chi connectivity index (χ1) is 9.90. The molecule has 1 aromatic rings. The van der Waals surface area contributed by atoms with Gasteiger partial charge in [-0.2, -0.15) is 0 Å². The Kier molecular flexibility index (Phi) is 3.84. The van der Waals surface area contributed by atoms with Crippen LogP contribution in [0.1, 0.15) is 31.7 Å². The molecule has 1 heterocycles. The van der Waals surface area contributed by atoms with Crippen LogP contribution in [0.15, 0.2) is 30.3 Å². The highest BCUT2D eigenvalue weighted by Gasteiger charge is 2.59. The lowest BCUT2D eigenvalue weighted by Gasteiger charge is -2.11. The predicted octanol–water partition coefficient (Wildman–Crippen LogP) is 2.13. The average molecular weight is 309 g/mol. The number of sulfonamides is 1. The number of rotatable bonds is 5. The Morgan fingerprint density at radius 3 is 2.62 bits per heavy atom. The van der Waals surface area contributed by atoms with Gasteiger partial charge in [-0.15, -0.1) is 0 Å². The third kappa shape index (κ3) is 3.15. The molecule has 3 atom stereocenters. The van der Waals surface area contributed by atoms with Gasteiger partial charge in [0.1, 0.15) is 0 Å². The Bertz CT molecular complexity index is 591. The average Bonchev–Trinajstić information content (AvgIpc) is 2.79. The van der Waals surface area contributed by atoms with E-state index in [1.54, 1.807) is 0 Å². The summed E-state index contributed by atoms with van der Waals surface area (Å²) in [4.78, 5) is 0. The minimum absolute atomic E-state index is 0.00720. The summed E-state index contributed by atoms with van der Waals surface area (Å²) in [5, 5.41) is 0. The maximum Gasteiger partial charge on any atom is 0.212 e.